The van der Waals surface area contributed by atoms with Gasteiger partial charge in [0.05, 0.1) is 11.2 Å². The van der Waals surface area contributed by atoms with Gasteiger partial charge in [0.15, 0.2) is 0 Å². The van der Waals surface area contributed by atoms with Crippen LogP contribution in [0, 0.1) is 18.7 Å². The maximum atomic E-state index is 14.2. The van der Waals surface area contributed by atoms with Crippen LogP contribution in [0.5, 0.6) is 0 Å². The van der Waals surface area contributed by atoms with E-state index in [4.69, 9.17) is 0 Å². The molecule has 3 aromatic rings. The lowest BCUT2D eigenvalue weighted by Gasteiger charge is -2.33. The van der Waals surface area contributed by atoms with Gasteiger partial charge in [-0.15, -0.1) is 0 Å². The number of halogens is 1. The van der Waals surface area contributed by atoms with E-state index in [1.165, 1.54) is 38.4 Å². The Kier molecular flexibility index (Phi) is 3.29. The number of rotatable bonds is 0. The van der Waals surface area contributed by atoms with Crippen LogP contribution in [-0.2, 0) is 12.0 Å². The molecule has 0 amide bonds. The van der Waals surface area contributed by atoms with E-state index in [1.807, 2.05) is 13.0 Å². The first-order valence-corrected chi connectivity index (χ1v) is 10.5. The van der Waals surface area contributed by atoms with E-state index in [9.17, 15) is 4.39 Å². The summed E-state index contributed by atoms with van der Waals surface area (Å²) in [5.41, 5.74) is 7.48. The SMILES string of the molecule is Cc1c(F)ccc2c3c(ccc12)=C1NC(C)(c2c1ccc1c2CCC=C1)C(C)C=3. The van der Waals surface area contributed by atoms with Crippen molar-refractivity contribution in [2.24, 2.45) is 5.92 Å². The lowest BCUT2D eigenvalue weighted by atomic mass is 9.75. The van der Waals surface area contributed by atoms with E-state index >= 15 is 0 Å². The van der Waals surface area contributed by atoms with Crippen LogP contribution in [0.4, 0.5) is 4.39 Å². The number of allylic oxidation sites excluding steroid dienone is 1. The summed E-state index contributed by atoms with van der Waals surface area (Å²) in [6.45, 7) is 6.53. The highest BCUT2D eigenvalue weighted by molar-refractivity contribution is 5.89. The van der Waals surface area contributed by atoms with E-state index in [-0.39, 0.29) is 11.4 Å². The fourth-order valence-corrected chi connectivity index (χ4v) is 5.64. The van der Waals surface area contributed by atoms with Crippen molar-refractivity contribution in [2.45, 2.75) is 39.2 Å². The third kappa shape index (κ3) is 2.09. The summed E-state index contributed by atoms with van der Waals surface area (Å²) in [6.07, 6.45) is 9.17. The van der Waals surface area contributed by atoms with Crippen LogP contribution in [-0.4, -0.2) is 0 Å². The van der Waals surface area contributed by atoms with Gasteiger partial charge in [-0.3, -0.25) is 0 Å². The highest BCUT2D eigenvalue weighted by Gasteiger charge is 2.43. The third-order valence-corrected chi connectivity index (χ3v) is 7.42. The predicted molar refractivity (Wildman–Crippen MR) is 118 cm³/mol. The van der Waals surface area contributed by atoms with Gasteiger partial charge in [-0.05, 0) is 71.0 Å². The van der Waals surface area contributed by atoms with E-state index in [0.29, 0.717) is 5.92 Å². The fraction of sp³-hybridized carbons (Fsp3) is 0.259. The molecule has 1 aliphatic carbocycles. The average Bonchev–Trinajstić information content (AvgIpc) is 2.99. The summed E-state index contributed by atoms with van der Waals surface area (Å²) in [5, 5.41) is 8.53. The smallest absolute Gasteiger partial charge is 0.126 e. The van der Waals surface area contributed by atoms with Crippen molar-refractivity contribution in [3.8, 4) is 0 Å². The van der Waals surface area contributed by atoms with Crippen molar-refractivity contribution in [2.75, 3.05) is 0 Å². The van der Waals surface area contributed by atoms with Crippen LogP contribution in [0.25, 0.3) is 28.6 Å². The highest BCUT2D eigenvalue weighted by atomic mass is 19.1. The quantitative estimate of drug-likeness (QED) is 0.598. The zero-order chi connectivity index (χ0) is 19.9. The summed E-state index contributed by atoms with van der Waals surface area (Å²) < 4.78 is 14.2. The second kappa shape index (κ2) is 5.60. The Hall–Kier alpha value is -2.87. The average molecular weight is 381 g/mol. The molecule has 3 aromatic carbocycles. The standard InChI is InChI=1S/C27H24FN/c1-15-14-23-20-12-13-24(28)16(2)18(20)10-11-21(23)26-22-9-8-17-6-4-5-7-19(17)25(22)27(15,3)29-26/h4,6,8-15,29H,5,7H2,1-3H3. The molecule has 2 unspecified atom stereocenters. The van der Waals surface area contributed by atoms with Crippen molar-refractivity contribution in [3.05, 3.63) is 86.5 Å². The molecule has 0 aromatic heterocycles. The molecule has 2 atom stereocenters. The molecule has 29 heavy (non-hydrogen) atoms. The van der Waals surface area contributed by atoms with Crippen molar-refractivity contribution >= 4 is 28.6 Å². The molecule has 0 saturated heterocycles. The summed E-state index contributed by atoms with van der Waals surface area (Å²) in [7, 11) is 0. The van der Waals surface area contributed by atoms with Gasteiger partial charge in [-0.25, -0.2) is 4.39 Å². The number of nitrogens with one attached hydrogen (secondary N) is 1. The van der Waals surface area contributed by atoms with Crippen LogP contribution < -0.4 is 15.8 Å². The zero-order valence-corrected chi connectivity index (χ0v) is 17.1. The summed E-state index contributed by atoms with van der Waals surface area (Å²) in [5.74, 6) is 0.164. The van der Waals surface area contributed by atoms with Crippen molar-refractivity contribution < 1.29 is 4.39 Å². The molecule has 2 bridgehead atoms. The molecule has 144 valence electrons. The molecule has 0 fully saturated rings. The van der Waals surface area contributed by atoms with Gasteiger partial charge < -0.3 is 5.32 Å². The molecule has 0 saturated carbocycles. The lowest BCUT2D eigenvalue weighted by Crippen LogP contribution is -2.39. The molecule has 0 spiro atoms. The van der Waals surface area contributed by atoms with Crippen LogP contribution in [0.15, 0.2) is 42.5 Å². The number of benzene rings is 3. The molecular formula is C27H24FN. The van der Waals surface area contributed by atoms with Crippen molar-refractivity contribution in [1.82, 2.24) is 5.32 Å². The molecule has 1 nitrogen and oxygen atoms in total. The number of aryl methyl sites for hydroxylation is 1. The fourth-order valence-electron chi connectivity index (χ4n) is 5.64. The Morgan fingerprint density at radius 3 is 2.76 bits per heavy atom. The zero-order valence-electron chi connectivity index (χ0n) is 17.1. The van der Waals surface area contributed by atoms with Crippen LogP contribution >= 0.6 is 0 Å². The van der Waals surface area contributed by atoms with Crippen molar-refractivity contribution in [3.63, 3.8) is 0 Å². The first kappa shape index (κ1) is 17.0. The van der Waals surface area contributed by atoms with Crippen LogP contribution in [0.1, 0.15) is 48.1 Å². The number of hydrogen-bond donors (Lipinski definition) is 1. The summed E-state index contributed by atoms with van der Waals surface area (Å²) in [4.78, 5) is 0. The van der Waals surface area contributed by atoms with E-state index in [2.05, 4.69) is 61.7 Å². The van der Waals surface area contributed by atoms with Gasteiger partial charge in [0.2, 0.25) is 0 Å². The largest absolute Gasteiger partial charge is 0.374 e. The summed E-state index contributed by atoms with van der Waals surface area (Å²) in [6, 6.07) is 12.4. The van der Waals surface area contributed by atoms with E-state index in [0.717, 1.165) is 29.2 Å². The molecule has 2 heterocycles. The van der Waals surface area contributed by atoms with Crippen LogP contribution in [0.2, 0.25) is 0 Å². The monoisotopic (exact) mass is 381 g/mol. The molecule has 3 aliphatic rings. The third-order valence-electron chi connectivity index (χ3n) is 7.42. The lowest BCUT2D eigenvalue weighted by molar-refractivity contribution is 0.362. The predicted octanol–water partition coefficient (Wildman–Crippen LogP) is 4.65. The minimum atomic E-state index is -0.137. The molecule has 6 rings (SSSR count). The second-order valence-electron chi connectivity index (χ2n) is 8.95. The molecule has 0 radical (unpaired) electrons. The van der Waals surface area contributed by atoms with Crippen LogP contribution in [0.3, 0.4) is 0 Å². The van der Waals surface area contributed by atoms with Gasteiger partial charge in [0.25, 0.3) is 0 Å². The second-order valence-corrected chi connectivity index (χ2v) is 8.95. The Labute approximate surface area is 170 Å². The maximum Gasteiger partial charge on any atom is 0.126 e. The minimum Gasteiger partial charge on any atom is -0.374 e. The Morgan fingerprint density at radius 2 is 1.90 bits per heavy atom. The molecule has 2 aliphatic heterocycles. The Bertz CT molecular complexity index is 1380. The van der Waals surface area contributed by atoms with Crippen molar-refractivity contribution in [1.29, 1.82) is 0 Å². The number of fused-ring (bicyclic) bond motifs is 10. The molecule has 2 heteroatoms. The maximum absolute atomic E-state index is 14.2. The van der Waals surface area contributed by atoms with E-state index in [1.54, 1.807) is 6.07 Å². The first-order valence-electron chi connectivity index (χ1n) is 10.5. The Balaban J connectivity index is 1.79. The van der Waals surface area contributed by atoms with Gasteiger partial charge in [0.1, 0.15) is 5.82 Å². The normalized spacial score (nSPS) is 23.7. The minimum absolute atomic E-state index is 0.136. The number of hydrogen-bond acceptors (Lipinski definition) is 1. The van der Waals surface area contributed by atoms with E-state index < -0.39 is 0 Å². The molecular weight excluding hydrogens is 357 g/mol. The Morgan fingerprint density at radius 1 is 1.07 bits per heavy atom. The van der Waals surface area contributed by atoms with Gasteiger partial charge in [-0.1, -0.05) is 55.5 Å². The van der Waals surface area contributed by atoms with Gasteiger partial charge >= 0.3 is 0 Å². The van der Waals surface area contributed by atoms with Gasteiger partial charge in [-0.2, -0.15) is 0 Å². The summed E-state index contributed by atoms with van der Waals surface area (Å²) >= 11 is 0. The first-order chi connectivity index (χ1) is 14.0. The van der Waals surface area contributed by atoms with Gasteiger partial charge in [0, 0.05) is 16.7 Å². The topological polar surface area (TPSA) is 12.0 Å². The molecule has 1 N–H and O–H groups in total. The highest BCUT2D eigenvalue weighted by Crippen LogP contribution is 2.46.